The summed E-state index contributed by atoms with van der Waals surface area (Å²) in [6, 6.07) is 7.09. The van der Waals surface area contributed by atoms with E-state index in [1.54, 1.807) is 12.1 Å². The molecule has 0 saturated heterocycles. The third-order valence-electron chi connectivity index (χ3n) is 4.00. The van der Waals surface area contributed by atoms with Crippen LogP contribution in [0.5, 0.6) is 0 Å². The Labute approximate surface area is 122 Å². The van der Waals surface area contributed by atoms with Crippen LogP contribution in [0.4, 0.5) is 5.69 Å². The maximum Gasteiger partial charge on any atom is 0.242 e. The third-order valence-corrected chi connectivity index (χ3v) is 5.47. The second-order valence-electron chi connectivity index (χ2n) is 5.44. The van der Waals surface area contributed by atoms with Crippen molar-refractivity contribution >= 4 is 15.7 Å². The predicted octanol–water partition coefficient (Wildman–Crippen LogP) is 2.98. The molecule has 1 aromatic rings. The fourth-order valence-electron chi connectivity index (χ4n) is 2.78. The van der Waals surface area contributed by atoms with Crippen LogP contribution < -0.4 is 10.0 Å². The van der Waals surface area contributed by atoms with Crippen LogP contribution >= 0.6 is 0 Å². The van der Waals surface area contributed by atoms with Crippen molar-refractivity contribution < 1.29 is 8.42 Å². The third kappa shape index (κ3) is 3.96. The largest absolute Gasteiger partial charge is 0.384 e. The van der Waals surface area contributed by atoms with Crippen molar-refractivity contribution in [3.63, 3.8) is 0 Å². The van der Waals surface area contributed by atoms with Crippen molar-refractivity contribution in [2.75, 3.05) is 18.9 Å². The van der Waals surface area contributed by atoms with Crippen LogP contribution in [0.25, 0.3) is 0 Å². The van der Waals surface area contributed by atoms with Crippen LogP contribution in [0, 0.1) is 5.92 Å². The van der Waals surface area contributed by atoms with Crippen LogP contribution in [0.15, 0.2) is 29.2 Å². The molecule has 0 unspecified atom stereocenters. The van der Waals surface area contributed by atoms with Crippen LogP contribution in [0.3, 0.4) is 0 Å². The molecule has 2 N–H and O–H groups in total. The van der Waals surface area contributed by atoms with E-state index in [0.717, 1.165) is 6.54 Å². The molecule has 0 aromatic heterocycles. The van der Waals surface area contributed by atoms with Gasteiger partial charge in [0.15, 0.2) is 0 Å². The normalized spacial score (nSPS) is 17.6. The average molecular weight is 296 g/mol. The quantitative estimate of drug-likeness (QED) is 0.821. The zero-order valence-corrected chi connectivity index (χ0v) is 12.9. The molecular formula is C15H24N2O2S. The maximum absolute atomic E-state index is 12.0. The number of anilines is 1. The lowest BCUT2D eigenvalue weighted by atomic mass is 10.0. The Kier molecular flexibility index (Phi) is 5.43. The lowest BCUT2D eigenvalue weighted by Gasteiger charge is -2.17. The van der Waals surface area contributed by atoms with E-state index in [4.69, 9.17) is 0 Å². The molecule has 1 aliphatic rings. The zero-order valence-electron chi connectivity index (χ0n) is 12.1. The Hall–Kier alpha value is -1.07. The molecule has 4 nitrogen and oxygen atoms in total. The van der Waals surface area contributed by atoms with E-state index < -0.39 is 10.0 Å². The Morgan fingerprint density at radius 1 is 1.10 bits per heavy atom. The van der Waals surface area contributed by atoms with Crippen molar-refractivity contribution in [1.82, 2.24) is 4.72 Å². The molecule has 5 heteroatoms. The molecule has 0 aliphatic heterocycles. The molecule has 0 radical (unpaired) electrons. The SMILES string of the molecule is CNS(=O)(=O)c1ccccc1NCC1CCCCCC1. The average Bonchev–Trinajstić information content (AvgIpc) is 2.74. The maximum atomic E-state index is 12.0. The van der Waals surface area contributed by atoms with Crippen molar-refractivity contribution in [2.24, 2.45) is 5.92 Å². The van der Waals surface area contributed by atoms with Gasteiger partial charge in [-0.05, 0) is 37.9 Å². The molecule has 0 bridgehead atoms. The summed E-state index contributed by atoms with van der Waals surface area (Å²) >= 11 is 0. The summed E-state index contributed by atoms with van der Waals surface area (Å²) in [5, 5.41) is 3.33. The fourth-order valence-corrected chi connectivity index (χ4v) is 3.69. The molecule has 20 heavy (non-hydrogen) atoms. The number of hydrogen-bond donors (Lipinski definition) is 2. The van der Waals surface area contributed by atoms with E-state index in [0.29, 0.717) is 16.5 Å². The van der Waals surface area contributed by atoms with Crippen LogP contribution in [0.2, 0.25) is 0 Å². The first kappa shape index (κ1) is 15.3. The molecule has 0 atom stereocenters. The number of nitrogens with one attached hydrogen (secondary N) is 2. The summed E-state index contributed by atoms with van der Waals surface area (Å²) in [7, 11) is -1.96. The molecule has 112 valence electrons. The number of hydrogen-bond acceptors (Lipinski definition) is 3. The standard InChI is InChI=1S/C15H24N2O2S/c1-16-20(18,19)15-11-7-6-10-14(15)17-12-13-8-4-2-3-5-9-13/h6-7,10-11,13,16-17H,2-5,8-9,12H2,1H3. The summed E-state index contributed by atoms with van der Waals surface area (Å²) in [5.74, 6) is 0.655. The summed E-state index contributed by atoms with van der Waals surface area (Å²) in [6.07, 6.45) is 7.75. The minimum Gasteiger partial charge on any atom is -0.384 e. The molecular weight excluding hydrogens is 272 g/mol. The Morgan fingerprint density at radius 2 is 1.75 bits per heavy atom. The summed E-state index contributed by atoms with van der Waals surface area (Å²) < 4.78 is 26.3. The van der Waals surface area contributed by atoms with Crippen molar-refractivity contribution in [3.05, 3.63) is 24.3 Å². The lowest BCUT2D eigenvalue weighted by molar-refractivity contribution is 0.483. The van der Waals surface area contributed by atoms with Gasteiger partial charge in [-0.3, -0.25) is 0 Å². The van der Waals surface area contributed by atoms with Gasteiger partial charge in [0.05, 0.1) is 5.69 Å². The number of sulfonamides is 1. The summed E-state index contributed by atoms with van der Waals surface area (Å²) in [5.41, 5.74) is 0.700. The zero-order chi connectivity index (χ0) is 14.4. The first-order valence-electron chi connectivity index (χ1n) is 7.40. The van der Waals surface area contributed by atoms with Crippen molar-refractivity contribution in [2.45, 2.75) is 43.4 Å². The van der Waals surface area contributed by atoms with Gasteiger partial charge in [0.25, 0.3) is 0 Å². The highest BCUT2D eigenvalue weighted by Crippen LogP contribution is 2.25. The molecule has 0 amide bonds. The van der Waals surface area contributed by atoms with E-state index in [1.807, 2.05) is 12.1 Å². The van der Waals surface area contributed by atoms with Gasteiger partial charge >= 0.3 is 0 Å². The molecule has 1 saturated carbocycles. The molecule has 1 aromatic carbocycles. The van der Waals surface area contributed by atoms with Gasteiger partial charge in [-0.25, -0.2) is 13.1 Å². The van der Waals surface area contributed by atoms with E-state index in [2.05, 4.69) is 10.0 Å². The molecule has 1 aliphatic carbocycles. The van der Waals surface area contributed by atoms with Gasteiger partial charge in [-0.2, -0.15) is 0 Å². The van der Waals surface area contributed by atoms with Crippen molar-refractivity contribution in [3.8, 4) is 0 Å². The van der Waals surface area contributed by atoms with Gasteiger partial charge in [-0.1, -0.05) is 37.8 Å². The number of benzene rings is 1. The molecule has 0 spiro atoms. The second-order valence-corrected chi connectivity index (χ2v) is 7.30. The van der Waals surface area contributed by atoms with E-state index >= 15 is 0 Å². The van der Waals surface area contributed by atoms with Crippen LogP contribution in [-0.2, 0) is 10.0 Å². The number of para-hydroxylation sites is 1. The van der Waals surface area contributed by atoms with Gasteiger partial charge < -0.3 is 5.32 Å². The highest BCUT2D eigenvalue weighted by Gasteiger charge is 2.17. The Morgan fingerprint density at radius 3 is 2.40 bits per heavy atom. The lowest BCUT2D eigenvalue weighted by Crippen LogP contribution is -2.21. The topological polar surface area (TPSA) is 58.2 Å². The summed E-state index contributed by atoms with van der Waals surface area (Å²) in [4.78, 5) is 0.330. The fraction of sp³-hybridized carbons (Fsp3) is 0.600. The molecule has 2 rings (SSSR count). The smallest absolute Gasteiger partial charge is 0.242 e. The van der Waals surface area contributed by atoms with Crippen LogP contribution in [-0.4, -0.2) is 22.0 Å². The summed E-state index contributed by atoms with van der Waals surface area (Å²) in [6.45, 7) is 0.857. The van der Waals surface area contributed by atoms with Gasteiger partial charge in [0, 0.05) is 6.54 Å². The van der Waals surface area contributed by atoms with E-state index in [9.17, 15) is 8.42 Å². The Balaban J connectivity index is 2.06. The first-order valence-corrected chi connectivity index (χ1v) is 8.88. The minimum absolute atomic E-state index is 0.330. The Bertz CT molecular complexity index is 520. The number of rotatable bonds is 5. The van der Waals surface area contributed by atoms with Crippen molar-refractivity contribution in [1.29, 1.82) is 0 Å². The van der Waals surface area contributed by atoms with E-state index in [-0.39, 0.29) is 0 Å². The predicted molar refractivity (Wildman–Crippen MR) is 82.4 cm³/mol. The molecule has 0 heterocycles. The van der Waals surface area contributed by atoms with Gasteiger partial charge in [0.1, 0.15) is 4.90 Å². The monoisotopic (exact) mass is 296 g/mol. The highest BCUT2D eigenvalue weighted by atomic mass is 32.2. The van der Waals surface area contributed by atoms with Gasteiger partial charge in [0.2, 0.25) is 10.0 Å². The first-order chi connectivity index (χ1) is 9.63. The minimum atomic E-state index is -3.40. The van der Waals surface area contributed by atoms with Gasteiger partial charge in [-0.15, -0.1) is 0 Å². The van der Waals surface area contributed by atoms with E-state index in [1.165, 1.54) is 45.6 Å². The second kappa shape index (κ2) is 7.09. The molecule has 1 fully saturated rings. The van der Waals surface area contributed by atoms with Crippen LogP contribution in [0.1, 0.15) is 38.5 Å². The highest BCUT2D eigenvalue weighted by molar-refractivity contribution is 7.89.